The van der Waals surface area contributed by atoms with Crippen LogP contribution in [0.5, 0.6) is 5.75 Å². The van der Waals surface area contributed by atoms with Gasteiger partial charge in [0.15, 0.2) is 0 Å². The van der Waals surface area contributed by atoms with Crippen LogP contribution in [-0.2, 0) is 16.0 Å². The lowest BCUT2D eigenvalue weighted by Crippen LogP contribution is -2.31. The lowest BCUT2D eigenvalue weighted by Gasteiger charge is -2.11. The molecule has 2 amide bonds. The number of carbonyl (C=O) groups is 2. The molecule has 5 heteroatoms. The molecule has 27 heavy (non-hydrogen) atoms. The Bertz CT molecular complexity index is 783. The van der Waals surface area contributed by atoms with Crippen molar-refractivity contribution in [2.75, 3.05) is 11.9 Å². The molecule has 0 aliphatic rings. The molecule has 0 fully saturated rings. The highest BCUT2D eigenvalue weighted by atomic mass is 16.5. The number of hydrogen-bond donors (Lipinski definition) is 2. The third-order valence-electron chi connectivity index (χ3n) is 3.98. The second kappa shape index (κ2) is 9.76. The molecule has 0 saturated heterocycles. The predicted molar refractivity (Wildman–Crippen MR) is 108 cm³/mol. The van der Waals surface area contributed by atoms with Crippen LogP contribution in [0, 0.1) is 13.8 Å². The number of aryl methyl sites for hydroxylation is 2. The van der Waals surface area contributed by atoms with E-state index < -0.39 is 0 Å². The van der Waals surface area contributed by atoms with E-state index in [4.69, 9.17) is 4.74 Å². The quantitative estimate of drug-likeness (QED) is 0.745. The fraction of sp³-hybridized carbons (Fsp3) is 0.364. The van der Waals surface area contributed by atoms with Gasteiger partial charge in [0.1, 0.15) is 5.75 Å². The summed E-state index contributed by atoms with van der Waals surface area (Å²) in [5.41, 5.74) is 3.80. The third-order valence-corrected chi connectivity index (χ3v) is 3.98. The summed E-state index contributed by atoms with van der Waals surface area (Å²) in [6, 6.07) is 13.5. The molecule has 2 rings (SSSR count). The number of ether oxygens (including phenoxy) is 1. The Morgan fingerprint density at radius 1 is 1.00 bits per heavy atom. The number of carbonyl (C=O) groups excluding carboxylic acids is 2. The van der Waals surface area contributed by atoms with Gasteiger partial charge < -0.3 is 15.4 Å². The smallest absolute Gasteiger partial charge is 0.227 e. The maximum Gasteiger partial charge on any atom is 0.227 e. The number of amides is 2. The van der Waals surface area contributed by atoms with E-state index in [2.05, 4.69) is 10.6 Å². The van der Waals surface area contributed by atoms with Crippen molar-refractivity contribution in [3.05, 3.63) is 59.2 Å². The maximum atomic E-state index is 12.1. The van der Waals surface area contributed by atoms with Crippen LogP contribution in [0.1, 0.15) is 37.0 Å². The molecule has 0 saturated carbocycles. The lowest BCUT2D eigenvalue weighted by molar-refractivity contribution is -0.121. The Hall–Kier alpha value is -2.82. The molecule has 0 aromatic heterocycles. The van der Waals surface area contributed by atoms with Crippen molar-refractivity contribution < 1.29 is 14.3 Å². The molecule has 5 nitrogen and oxygen atoms in total. The van der Waals surface area contributed by atoms with Crippen LogP contribution in [0.4, 0.5) is 5.69 Å². The minimum absolute atomic E-state index is 0.00891. The van der Waals surface area contributed by atoms with E-state index in [1.54, 1.807) is 12.1 Å². The first-order chi connectivity index (χ1) is 12.8. The second-order valence-corrected chi connectivity index (χ2v) is 7.01. The van der Waals surface area contributed by atoms with Crippen LogP contribution in [-0.4, -0.2) is 24.5 Å². The van der Waals surface area contributed by atoms with Crippen molar-refractivity contribution in [3.63, 3.8) is 0 Å². The summed E-state index contributed by atoms with van der Waals surface area (Å²) < 4.78 is 5.72. The molecule has 0 spiro atoms. The van der Waals surface area contributed by atoms with Gasteiger partial charge in [0.05, 0.1) is 19.4 Å². The van der Waals surface area contributed by atoms with Gasteiger partial charge in [-0.15, -0.1) is 0 Å². The molecule has 0 aliphatic carbocycles. The number of nitrogens with one attached hydrogen (secondary N) is 2. The molecule has 0 heterocycles. The summed E-state index contributed by atoms with van der Waals surface area (Å²) in [6.07, 6.45) is 0.599. The standard InChI is InChI=1S/C22H28N2O3/c1-15(2)23-22(26)14-18-7-9-19(10-8-18)24-21(25)11-12-27-20-13-16(3)5-6-17(20)4/h5-10,13,15H,11-12,14H2,1-4H3,(H,23,26)(H,24,25). The van der Waals surface area contributed by atoms with Crippen molar-refractivity contribution >= 4 is 17.5 Å². The van der Waals surface area contributed by atoms with Gasteiger partial charge in [0.25, 0.3) is 0 Å². The summed E-state index contributed by atoms with van der Waals surface area (Å²) in [7, 11) is 0. The molecule has 0 aliphatic heterocycles. The normalized spacial score (nSPS) is 10.6. The highest BCUT2D eigenvalue weighted by molar-refractivity contribution is 5.90. The van der Waals surface area contributed by atoms with Crippen molar-refractivity contribution in [3.8, 4) is 5.75 Å². The molecular weight excluding hydrogens is 340 g/mol. The van der Waals surface area contributed by atoms with Crippen molar-refractivity contribution in [2.24, 2.45) is 0 Å². The van der Waals surface area contributed by atoms with Crippen LogP contribution in [0.15, 0.2) is 42.5 Å². The molecule has 0 unspecified atom stereocenters. The van der Waals surface area contributed by atoms with Crippen molar-refractivity contribution in [1.82, 2.24) is 5.32 Å². The SMILES string of the molecule is Cc1ccc(C)c(OCCC(=O)Nc2ccc(CC(=O)NC(C)C)cc2)c1. The van der Waals surface area contributed by atoms with Gasteiger partial charge in [-0.25, -0.2) is 0 Å². The Morgan fingerprint density at radius 3 is 2.37 bits per heavy atom. The van der Waals surface area contributed by atoms with E-state index in [-0.39, 0.29) is 24.3 Å². The van der Waals surface area contributed by atoms with Gasteiger partial charge in [-0.3, -0.25) is 9.59 Å². The zero-order valence-corrected chi connectivity index (χ0v) is 16.5. The number of hydrogen-bond acceptors (Lipinski definition) is 3. The second-order valence-electron chi connectivity index (χ2n) is 7.01. The monoisotopic (exact) mass is 368 g/mol. The molecule has 0 atom stereocenters. The summed E-state index contributed by atoms with van der Waals surface area (Å²) in [5, 5.41) is 5.71. The lowest BCUT2D eigenvalue weighted by atomic mass is 10.1. The maximum absolute atomic E-state index is 12.1. The Kier molecular flexibility index (Phi) is 7.41. The summed E-state index contributed by atoms with van der Waals surface area (Å²) in [4.78, 5) is 23.9. The van der Waals surface area contributed by atoms with E-state index >= 15 is 0 Å². The Labute approximate surface area is 161 Å². The molecule has 2 aromatic rings. The van der Waals surface area contributed by atoms with Crippen LogP contribution in [0.2, 0.25) is 0 Å². The van der Waals surface area contributed by atoms with Crippen LogP contribution in [0.25, 0.3) is 0 Å². The fourth-order valence-corrected chi connectivity index (χ4v) is 2.60. The predicted octanol–water partition coefficient (Wildman–Crippen LogP) is 3.78. The van der Waals surface area contributed by atoms with Crippen LogP contribution >= 0.6 is 0 Å². The average Bonchev–Trinajstić information content (AvgIpc) is 2.59. The zero-order chi connectivity index (χ0) is 19.8. The first-order valence-electron chi connectivity index (χ1n) is 9.21. The molecule has 2 aromatic carbocycles. The van der Waals surface area contributed by atoms with E-state index in [0.29, 0.717) is 18.7 Å². The first-order valence-corrected chi connectivity index (χ1v) is 9.21. The molecule has 2 N–H and O–H groups in total. The summed E-state index contributed by atoms with van der Waals surface area (Å²) in [5.74, 6) is 0.697. The molecule has 144 valence electrons. The van der Waals surface area contributed by atoms with E-state index in [1.807, 2.05) is 58.0 Å². The number of benzene rings is 2. The number of rotatable bonds is 8. The van der Waals surface area contributed by atoms with E-state index in [0.717, 1.165) is 22.4 Å². The van der Waals surface area contributed by atoms with Crippen molar-refractivity contribution in [1.29, 1.82) is 0 Å². The van der Waals surface area contributed by atoms with Crippen molar-refractivity contribution in [2.45, 2.75) is 46.6 Å². The Balaban J connectivity index is 1.78. The fourth-order valence-electron chi connectivity index (χ4n) is 2.60. The van der Waals surface area contributed by atoms with Gasteiger partial charge in [0, 0.05) is 11.7 Å². The minimum atomic E-state index is -0.106. The first kappa shape index (κ1) is 20.5. The summed E-state index contributed by atoms with van der Waals surface area (Å²) in [6.45, 7) is 8.18. The van der Waals surface area contributed by atoms with Gasteiger partial charge in [-0.05, 0) is 62.6 Å². The third kappa shape index (κ3) is 7.13. The average molecular weight is 368 g/mol. The van der Waals surface area contributed by atoms with Gasteiger partial charge in [0.2, 0.25) is 11.8 Å². The Morgan fingerprint density at radius 2 is 1.70 bits per heavy atom. The minimum Gasteiger partial charge on any atom is -0.493 e. The molecular formula is C22H28N2O3. The van der Waals surface area contributed by atoms with Gasteiger partial charge in [-0.1, -0.05) is 24.3 Å². The zero-order valence-electron chi connectivity index (χ0n) is 16.5. The van der Waals surface area contributed by atoms with Gasteiger partial charge in [-0.2, -0.15) is 0 Å². The molecule has 0 radical (unpaired) electrons. The highest BCUT2D eigenvalue weighted by Crippen LogP contribution is 2.19. The summed E-state index contributed by atoms with van der Waals surface area (Å²) >= 11 is 0. The molecule has 0 bridgehead atoms. The van der Waals surface area contributed by atoms with Crippen LogP contribution < -0.4 is 15.4 Å². The highest BCUT2D eigenvalue weighted by Gasteiger charge is 2.07. The van der Waals surface area contributed by atoms with Crippen LogP contribution in [0.3, 0.4) is 0 Å². The van der Waals surface area contributed by atoms with E-state index in [9.17, 15) is 9.59 Å². The largest absolute Gasteiger partial charge is 0.493 e. The van der Waals surface area contributed by atoms with E-state index in [1.165, 1.54) is 0 Å². The van der Waals surface area contributed by atoms with Gasteiger partial charge >= 0.3 is 0 Å². The topological polar surface area (TPSA) is 67.4 Å². The number of anilines is 1.